The van der Waals surface area contributed by atoms with E-state index in [9.17, 15) is 4.79 Å². The number of terminal acetylenes is 2. The summed E-state index contributed by atoms with van der Waals surface area (Å²) in [6.45, 7) is 5.88. The molecule has 0 saturated heterocycles. The Morgan fingerprint density at radius 3 is 2.76 bits per heavy atom. The van der Waals surface area contributed by atoms with E-state index in [4.69, 9.17) is 22.6 Å². The van der Waals surface area contributed by atoms with Crippen LogP contribution >= 0.6 is 0 Å². The molecular weight excluding hydrogens is 362 g/mol. The number of aromatic amines is 1. The second-order valence-electron chi connectivity index (χ2n) is 8.41. The van der Waals surface area contributed by atoms with Gasteiger partial charge in [-0.05, 0) is 50.8 Å². The summed E-state index contributed by atoms with van der Waals surface area (Å²) < 4.78 is 5.59. The van der Waals surface area contributed by atoms with Crippen molar-refractivity contribution in [3.63, 3.8) is 0 Å². The van der Waals surface area contributed by atoms with Crippen molar-refractivity contribution in [2.75, 3.05) is 0 Å². The van der Waals surface area contributed by atoms with Crippen LogP contribution in [0.15, 0.2) is 30.3 Å². The molecule has 2 aromatic carbocycles. The molecule has 1 aliphatic rings. The number of aromatic nitrogens is 2. The molecule has 2 unspecified atom stereocenters. The normalized spacial score (nSPS) is 18.2. The highest BCUT2D eigenvalue weighted by Crippen LogP contribution is 2.37. The van der Waals surface area contributed by atoms with Crippen LogP contribution in [0.3, 0.4) is 0 Å². The van der Waals surface area contributed by atoms with Gasteiger partial charge in [-0.1, -0.05) is 18.1 Å². The van der Waals surface area contributed by atoms with E-state index in [0.29, 0.717) is 12.4 Å². The molecule has 29 heavy (non-hydrogen) atoms. The molecular formula is C24H23N3O2. The minimum atomic E-state index is -0.575. The Morgan fingerprint density at radius 2 is 2.10 bits per heavy atom. The molecule has 0 radical (unpaired) electrons. The van der Waals surface area contributed by atoms with Crippen LogP contribution in [-0.2, 0) is 11.3 Å². The van der Waals surface area contributed by atoms with Crippen LogP contribution in [0.1, 0.15) is 38.6 Å². The van der Waals surface area contributed by atoms with Crippen LogP contribution < -0.4 is 0 Å². The van der Waals surface area contributed by atoms with E-state index in [1.807, 2.05) is 51.1 Å². The summed E-state index contributed by atoms with van der Waals surface area (Å²) >= 11 is 0. The van der Waals surface area contributed by atoms with Gasteiger partial charge in [0.05, 0.1) is 23.6 Å². The molecule has 3 aromatic rings. The highest BCUT2D eigenvalue weighted by molar-refractivity contribution is 6.04. The summed E-state index contributed by atoms with van der Waals surface area (Å²) in [7, 11) is 0. The first-order valence-electron chi connectivity index (χ1n) is 9.63. The molecule has 1 amide bonds. The van der Waals surface area contributed by atoms with Gasteiger partial charge < -0.3 is 9.72 Å². The van der Waals surface area contributed by atoms with E-state index in [-0.39, 0.29) is 18.1 Å². The van der Waals surface area contributed by atoms with Crippen molar-refractivity contribution in [1.82, 2.24) is 14.9 Å². The van der Waals surface area contributed by atoms with E-state index in [1.165, 1.54) is 0 Å². The summed E-state index contributed by atoms with van der Waals surface area (Å²) in [4.78, 5) is 22.6. The topological polar surface area (TPSA) is 58.2 Å². The van der Waals surface area contributed by atoms with Crippen LogP contribution in [0.25, 0.3) is 21.8 Å². The lowest BCUT2D eigenvalue weighted by Gasteiger charge is -2.27. The minimum Gasteiger partial charge on any atom is -0.444 e. The molecule has 2 atom stereocenters. The number of nitrogens with one attached hydrogen (secondary N) is 1. The third kappa shape index (κ3) is 3.77. The number of carbonyl (C=O) groups excluding carboxylic acids is 1. The zero-order chi connectivity index (χ0) is 20.8. The standard InChI is InChI=1S/C24H23N3O2/c1-6-15-8-10-18-17(12-15)9-11-19-22(18)26-21(25-19)14-27(20-13-16(20)7-2)23(28)29-24(3,4)5/h1-2,8-12,16,20H,13-14H2,3-5H3,(H,25,26). The van der Waals surface area contributed by atoms with Gasteiger partial charge in [-0.2, -0.15) is 0 Å². The molecule has 1 heterocycles. The predicted molar refractivity (Wildman–Crippen MR) is 114 cm³/mol. The van der Waals surface area contributed by atoms with Gasteiger partial charge in [-0.25, -0.2) is 9.78 Å². The number of ether oxygens (including phenoxy) is 1. The van der Waals surface area contributed by atoms with Crippen molar-refractivity contribution < 1.29 is 9.53 Å². The van der Waals surface area contributed by atoms with Gasteiger partial charge in [-0.3, -0.25) is 4.90 Å². The maximum Gasteiger partial charge on any atom is 0.410 e. The lowest BCUT2D eigenvalue weighted by atomic mass is 10.1. The van der Waals surface area contributed by atoms with E-state index >= 15 is 0 Å². The summed E-state index contributed by atoms with van der Waals surface area (Å²) in [5.41, 5.74) is 2.02. The smallest absolute Gasteiger partial charge is 0.410 e. The first-order valence-corrected chi connectivity index (χ1v) is 9.63. The molecule has 5 nitrogen and oxygen atoms in total. The fourth-order valence-corrected chi connectivity index (χ4v) is 3.52. The van der Waals surface area contributed by atoms with E-state index in [0.717, 1.165) is 33.8 Å². The van der Waals surface area contributed by atoms with Crippen LogP contribution in [-0.4, -0.2) is 32.6 Å². The molecule has 1 N–H and O–H groups in total. The van der Waals surface area contributed by atoms with E-state index < -0.39 is 5.60 Å². The number of hydrogen-bond donors (Lipinski definition) is 1. The lowest BCUT2D eigenvalue weighted by molar-refractivity contribution is 0.0206. The molecule has 0 bridgehead atoms. The molecule has 0 aliphatic heterocycles. The fourth-order valence-electron chi connectivity index (χ4n) is 3.52. The molecule has 4 rings (SSSR count). The summed E-state index contributed by atoms with van der Waals surface area (Å²) in [6, 6.07) is 9.84. The molecule has 1 saturated carbocycles. The van der Waals surface area contributed by atoms with Gasteiger partial charge in [0.1, 0.15) is 11.4 Å². The predicted octanol–water partition coefficient (Wildman–Crippen LogP) is 4.46. The number of nitrogens with zero attached hydrogens (tertiary/aromatic N) is 2. The minimum absolute atomic E-state index is 0.0157. The Balaban J connectivity index is 1.67. The summed E-state index contributed by atoms with van der Waals surface area (Å²) in [5, 5.41) is 2.05. The number of benzene rings is 2. The molecule has 0 spiro atoms. The Hall–Kier alpha value is -3.44. The third-order valence-corrected chi connectivity index (χ3v) is 5.00. The average molecular weight is 385 g/mol. The second-order valence-corrected chi connectivity index (χ2v) is 8.41. The SMILES string of the molecule is C#Cc1ccc2c(ccc3[nH]c(CN(C(=O)OC(C)(C)C)C4CC4C#C)nc32)c1. The number of amides is 1. The lowest BCUT2D eigenvalue weighted by Crippen LogP contribution is -2.38. The largest absolute Gasteiger partial charge is 0.444 e. The Kier molecular flexibility index (Phi) is 4.47. The van der Waals surface area contributed by atoms with Crippen LogP contribution in [0.5, 0.6) is 0 Å². The number of H-pyrrole nitrogens is 1. The van der Waals surface area contributed by atoms with Crippen LogP contribution in [0.2, 0.25) is 0 Å². The Bertz CT molecular complexity index is 1190. The number of carbonyl (C=O) groups is 1. The van der Waals surface area contributed by atoms with Gasteiger partial charge in [0, 0.05) is 16.9 Å². The molecule has 1 fully saturated rings. The molecule has 5 heteroatoms. The molecule has 146 valence electrons. The number of hydrogen-bond acceptors (Lipinski definition) is 3. The van der Waals surface area contributed by atoms with Crippen molar-refractivity contribution in [3.05, 3.63) is 41.7 Å². The highest BCUT2D eigenvalue weighted by Gasteiger charge is 2.44. The number of fused-ring (bicyclic) bond motifs is 3. The zero-order valence-electron chi connectivity index (χ0n) is 16.8. The maximum atomic E-state index is 12.8. The molecule has 1 aliphatic carbocycles. The Morgan fingerprint density at radius 1 is 1.31 bits per heavy atom. The van der Waals surface area contributed by atoms with E-state index in [2.05, 4.69) is 16.8 Å². The quantitative estimate of drug-likeness (QED) is 0.678. The average Bonchev–Trinajstić information content (AvgIpc) is 3.33. The monoisotopic (exact) mass is 385 g/mol. The van der Waals surface area contributed by atoms with Crippen LogP contribution in [0.4, 0.5) is 4.79 Å². The van der Waals surface area contributed by atoms with Crippen molar-refractivity contribution in [2.45, 2.75) is 45.4 Å². The van der Waals surface area contributed by atoms with Gasteiger partial charge in [0.2, 0.25) is 0 Å². The van der Waals surface area contributed by atoms with E-state index in [1.54, 1.807) is 4.90 Å². The van der Waals surface area contributed by atoms with Crippen molar-refractivity contribution in [1.29, 1.82) is 0 Å². The summed E-state index contributed by atoms with van der Waals surface area (Å²) in [6.07, 6.45) is 11.5. The van der Waals surface area contributed by atoms with Crippen molar-refractivity contribution >= 4 is 27.9 Å². The van der Waals surface area contributed by atoms with Crippen molar-refractivity contribution in [3.8, 4) is 24.7 Å². The Labute approximate surface area is 170 Å². The zero-order valence-corrected chi connectivity index (χ0v) is 16.8. The van der Waals surface area contributed by atoms with Gasteiger partial charge >= 0.3 is 6.09 Å². The van der Waals surface area contributed by atoms with Crippen molar-refractivity contribution in [2.24, 2.45) is 5.92 Å². The first kappa shape index (κ1) is 18.9. The number of imidazole rings is 1. The first-order chi connectivity index (χ1) is 13.8. The molecule has 1 aromatic heterocycles. The van der Waals surface area contributed by atoms with Gasteiger partial charge in [0.15, 0.2) is 0 Å². The second kappa shape index (κ2) is 6.87. The highest BCUT2D eigenvalue weighted by atomic mass is 16.6. The third-order valence-electron chi connectivity index (χ3n) is 5.00. The van der Waals surface area contributed by atoms with Crippen LogP contribution in [0, 0.1) is 30.6 Å². The fraction of sp³-hybridized carbons (Fsp3) is 0.333. The summed E-state index contributed by atoms with van der Waals surface area (Å²) in [5.74, 6) is 6.16. The maximum absolute atomic E-state index is 12.8. The van der Waals surface area contributed by atoms with Gasteiger partial charge in [-0.15, -0.1) is 18.8 Å². The van der Waals surface area contributed by atoms with Gasteiger partial charge in [0.25, 0.3) is 0 Å². The number of rotatable bonds is 3.